The molecule has 4 aromatic heterocycles. The Morgan fingerprint density at radius 1 is 0.402 bits per heavy atom. The summed E-state index contributed by atoms with van der Waals surface area (Å²) in [5.74, 6) is -1.34. The van der Waals surface area contributed by atoms with E-state index in [1.165, 1.54) is 65.8 Å². The van der Waals surface area contributed by atoms with Crippen molar-refractivity contribution in [1.82, 2.24) is 29.5 Å². The molecule has 19 nitrogen and oxygen atoms in total. The highest BCUT2D eigenvalue weighted by atomic mass is 79.9. The van der Waals surface area contributed by atoms with Gasteiger partial charge in [-0.3, -0.25) is 23.7 Å². The maximum Gasteiger partial charge on any atom is 0.345 e. The number of H-pyrrole nitrogens is 2. The molecule has 0 spiro atoms. The SMILES string of the molecule is CC(=O)O.CC(C)(Br)C(N)=O.Clc1nc(-c2ccccc2)c2c(ccc3ccccc32)n1.NC(N)=O.Nc1ccc2ccccc2c1C(=O)c1ccccc1.O=C(c1ccccc1)c1c(O)ccc2ccccc12.O=P(Cl)(Cl)Cl.O=c1nc(-c2ccccc2)c2c(ccc3ccccc32)[nH]1.c1ccc(-n2c3ccccc3c3cc(-c4ccc5[nH]c6ccccc6c5c4)ccc32)cc1. The smallest absolute Gasteiger partial charge is 0.345 e. The molecule has 21 rings (SSSR count). The molecule has 17 aromatic carbocycles. The predicted molar refractivity (Wildman–Crippen MR) is 547 cm³/mol. The van der Waals surface area contributed by atoms with Crippen molar-refractivity contribution in [3.63, 3.8) is 0 Å². The van der Waals surface area contributed by atoms with Gasteiger partial charge in [-0.15, -0.1) is 0 Å². The lowest BCUT2D eigenvalue weighted by atomic mass is 9.96. The van der Waals surface area contributed by atoms with Crippen molar-refractivity contribution in [3.8, 4) is 45.1 Å². The van der Waals surface area contributed by atoms with Crippen LogP contribution in [-0.4, -0.2) is 73.5 Å². The maximum absolute atomic E-state index is 12.6. The highest BCUT2D eigenvalue weighted by Crippen LogP contribution is 2.61. The number of nitrogens with zero attached hydrogens (tertiary/aromatic N) is 4. The molecule has 0 saturated carbocycles. The molecule has 0 atom stereocenters. The van der Waals surface area contributed by atoms with Gasteiger partial charge in [0.1, 0.15) is 5.75 Å². The Balaban J connectivity index is 0.000000135. The van der Waals surface area contributed by atoms with E-state index < -0.39 is 21.5 Å². The van der Waals surface area contributed by atoms with Gasteiger partial charge in [-0.05, 0) is 186 Å². The summed E-state index contributed by atoms with van der Waals surface area (Å²) < 4.78 is 11.3. The standard InChI is InChI=1S/C30H20N2.C18H11ClN2.C18H12N2O.C17H13NO.C17H12O2.C4H8BrNO.C2H4O2.CH4N2O.Cl3OP/c1-2-8-22(9-3-1)32-29-13-7-5-11-24(29)26-19-21(15-17-30(26)32)20-14-16-28-25(18-20)23-10-4-6-12-27(23)31-28;19-18-20-15-11-10-12-6-4-5-9-14(12)16(15)17(21-18)13-7-2-1-3-8-13;21-18-19-15-11-10-12-6-4-5-9-14(12)16(15)17(20-18)13-7-2-1-3-8-13;2*18-15-11-10-12-6-4-5-9-14(12)16(15)17(19)13-7-2-1-3-8-13;1-4(2,5)3(6)7;1-2(3)4;2-1(3)4;1-5(2,3)4/h1-19,31H;1-11H;1-11H,(H,19,20,21);1-11H,18H2;1-11,18H;1-2H3,(H2,6,7);1H3,(H,3,4);(H4,2,3,4);. The van der Waals surface area contributed by atoms with Crippen molar-refractivity contribution in [3.05, 3.63) is 420 Å². The molecule has 4 heterocycles. The Morgan fingerprint density at radius 3 is 1.30 bits per heavy atom. The minimum Gasteiger partial charge on any atom is -0.507 e. The predicted octanol–water partition coefficient (Wildman–Crippen LogP) is 26.9. The van der Waals surface area contributed by atoms with Gasteiger partial charge in [-0.25, -0.2) is 19.6 Å². The van der Waals surface area contributed by atoms with Gasteiger partial charge in [-0.2, -0.15) is 4.98 Å². The molecule has 3 amide bonds. The van der Waals surface area contributed by atoms with Crippen molar-refractivity contribution in [2.24, 2.45) is 17.2 Å². The molecule has 0 aliphatic rings. The van der Waals surface area contributed by atoms with Crippen LogP contribution in [0.5, 0.6) is 5.75 Å². The zero-order valence-electron chi connectivity index (χ0n) is 71.1. The second-order valence-electron chi connectivity index (χ2n) is 30.2. The molecule has 12 N–H and O–H groups in total. The number of phenols is 1. The number of hydrogen-bond acceptors (Lipinski definition) is 12. The van der Waals surface area contributed by atoms with E-state index in [0.29, 0.717) is 27.9 Å². The molecule has 0 unspecified atom stereocenters. The number of anilines is 1. The van der Waals surface area contributed by atoms with Crippen LogP contribution in [0.2, 0.25) is 5.28 Å². The molecule has 0 radical (unpaired) electrons. The Labute approximate surface area is 785 Å². The zero-order chi connectivity index (χ0) is 93.8. The molecule has 656 valence electrons. The molecule has 21 aromatic rings. The number of halogens is 5. The number of hydrogen-bond donors (Lipinski definition) is 8. The fraction of sp³-hybridized carbons (Fsp3) is 0.0374. The molecule has 132 heavy (non-hydrogen) atoms. The van der Waals surface area contributed by atoms with E-state index in [4.69, 9.17) is 37.8 Å². The Hall–Kier alpha value is -15.1. The number of amides is 3. The fourth-order valence-corrected chi connectivity index (χ4v) is 15.1. The van der Waals surface area contributed by atoms with Crippen LogP contribution in [0.25, 0.3) is 148 Å². The van der Waals surface area contributed by atoms with Gasteiger partial charge in [0.25, 0.3) is 5.97 Å². The average Bonchev–Trinajstić information content (AvgIpc) is 1.51. The molecular formula is C107H84BrCl4N10O9P. The summed E-state index contributed by atoms with van der Waals surface area (Å²) in [6.45, 7) is 4.49. The highest BCUT2D eigenvalue weighted by Gasteiger charge is 2.22. The van der Waals surface area contributed by atoms with E-state index >= 15 is 0 Å². The number of carboxylic acids is 1. The number of aromatic nitrogens is 6. The van der Waals surface area contributed by atoms with Crippen molar-refractivity contribution in [2.75, 3.05) is 5.73 Å². The summed E-state index contributed by atoms with van der Waals surface area (Å²) in [5, 5.41) is 29.8. The number of benzene rings is 17. The van der Waals surface area contributed by atoms with Crippen LogP contribution in [0.15, 0.2) is 387 Å². The second kappa shape index (κ2) is 43.3. The monoisotopic (exact) mass is 1900 g/mol. The van der Waals surface area contributed by atoms with Crippen molar-refractivity contribution in [1.29, 1.82) is 0 Å². The number of nitrogen functional groups attached to an aromatic ring is 1. The molecule has 0 saturated heterocycles. The highest BCUT2D eigenvalue weighted by molar-refractivity contribution is 9.10. The second-order valence-corrected chi connectivity index (χ2v) is 39.1. The maximum atomic E-state index is 12.6. The number of nitrogens with one attached hydrogen (secondary N) is 2. The van der Waals surface area contributed by atoms with Gasteiger partial charge in [0.05, 0.1) is 48.9 Å². The van der Waals surface area contributed by atoms with Gasteiger partial charge < -0.3 is 47.7 Å². The van der Waals surface area contributed by atoms with Crippen molar-refractivity contribution < 1.29 is 38.8 Å². The number of aromatic amines is 2. The molecule has 0 aliphatic carbocycles. The molecule has 0 fully saturated rings. The van der Waals surface area contributed by atoms with E-state index in [-0.39, 0.29) is 34.2 Å². The van der Waals surface area contributed by atoms with Crippen LogP contribution in [0.4, 0.5) is 10.5 Å². The summed E-state index contributed by atoms with van der Waals surface area (Å²) in [6.07, 6.45) is 0. The van der Waals surface area contributed by atoms with E-state index in [9.17, 15) is 28.8 Å². The van der Waals surface area contributed by atoms with Crippen LogP contribution < -0.4 is 28.6 Å². The first-order valence-electron chi connectivity index (χ1n) is 41.0. The number of alkyl halides is 1. The third-order valence-corrected chi connectivity index (χ3v) is 21.3. The van der Waals surface area contributed by atoms with E-state index in [1.54, 1.807) is 38.1 Å². The summed E-state index contributed by atoms with van der Waals surface area (Å²) >= 11 is 23.0. The number of phenolic OH excluding ortho intramolecular Hbond substituents is 1. The molecule has 0 bridgehead atoms. The average molecular weight is 1910 g/mol. The third-order valence-electron chi connectivity index (χ3n) is 20.8. The number of carboxylic acid groups (broad SMARTS) is 1. The summed E-state index contributed by atoms with van der Waals surface area (Å²) in [7, 11) is 0. The number of para-hydroxylation sites is 3. The number of primary amides is 3. The number of aliphatic carboxylic acids is 1. The van der Waals surface area contributed by atoms with Crippen LogP contribution in [0.1, 0.15) is 52.6 Å². The number of rotatable bonds is 9. The van der Waals surface area contributed by atoms with Gasteiger partial charge >= 0.3 is 16.9 Å². The number of carbonyl (C=O) groups excluding carboxylic acids is 4. The van der Waals surface area contributed by atoms with Gasteiger partial charge in [0.2, 0.25) is 11.2 Å². The number of fused-ring (bicyclic) bond motifs is 14. The van der Waals surface area contributed by atoms with E-state index in [1.807, 2.05) is 212 Å². The normalized spacial score (nSPS) is 10.8. The van der Waals surface area contributed by atoms with Crippen LogP contribution in [0.3, 0.4) is 0 Å². The fourth-order valence-electron chi connectivity index (χ4n) is 15.0. The first-order valence-corrected chi connectivity index (χ1v) is 46.6. The van der Waals surface area contributed by atoms with E-state index in [0.717, 1.165) is 88.9 Å². The van der Waals surface area contributed by atoms with Crippen LogP contribution in [-0.2, 0) is 14.2 Å². The first-order chi connectivity index (χ1) is 63.5. The number of ketones is 2. The van der Waals surface area contributed by atoms with Crippen LogP contribution >= 0.6 is 66.5 Å². The minimum absolute atomic E-state index is 0.0209. The lowest BCUT2D eigenvalue weighted by Gasteiger charge is -2.09. The van der Waals surface area contributed by atoms with Gasteiger partial charge in [0.15, 0.2) is 11.6 Å². The van der Waals surface area contributed by atoms with Crippen LogP contribution in [0, 0.1) is 0 Å². The number of urea groups is 1. The Bertz CT molecular complexity index is 7750. The third kappa shape index (κ3) is 23.7. The van der Waals surface area contributed by atoms with Gasteiger partial charge in [-0.1, -0.05) is 325 Å². The molecule has 25 heteroatoms. The molecule has 0 aliphatic heterocycles. The summed E-state index contributed by atoms with van der Waals surface area (Å²) in [6, 6.07) is 126. The topological polar surface area (TPSA) is 339 Å². The molecular weight excluding hydrogens is 1820 g/mol. The number of carbonyl (C=O) groups is 5. The van der Waals surface area contributed by atoms with E-state index in [2.05, 4.69) is 236 Å². The van der Waals surface area contributed by atoms with Crippen molar-refractivity contribution in [2.45, 2.75) is 25.1 Å². The number of nitrogens with two attached hydrogens (primary N) is 4. The quantitative estimate of drug-likeness (QED) is 0.0167. The first kappa shape index (κ1) is 94.5. The summed E-state index contributed by atoms with van der Waals surface area (Å²) in [4.78, 5) is 84.6. The lowest BCUT2D eigenvalue weighted by molar-refractivity contribution is -0.134. The zero-order valence-corrected chi connectivity index (χ0v) is 76.6. The minimum atomic E-state index is -3.22. The Morgan fingerprint density at radius 2 is 0.773 bits per heavy atom. The summed E-state index contributed by atoms with van der Waals surface area (Å²) in [5.41, 5.74) is 35.5. The largest absolute Gasteiger partial charge is 0.507 e. The van der Waals surface area contributed by atoms with Crippen molar-refractivity contribution >= 4 is 210 Å². The Kier molecular flexibility index (Phi) is 31.0. The van der Waals surface area contributed by atoms with Gasteiger partial charge in [0, 0.05) is 83.9 Å². The number of aromatic hydroxyl groups is 1. The lowest BCUT2D eigenvalue weighted by Crippen LogP contribution is -2.31.